The van der Waals surface area contributed by atoms with Crippen LogP contribution in [-0.2, 0) is 9.59 Å². The highest BCUT2D eigenvalue weighted by Gasteiger charge is 2.48. The van der Waals surface area contributed by atoms with Crippen LogP contribution in [0.4, 0.5) is 5.69 Å². The Hall–Kier alpha value is -3.78. The van der Waals surface area contributed by atoms with Crippen LogP contribution >= 0.6 is 11.3 Å². The minimum absolute atomic E-state index is 0.0314. The summed E-state index contributed by atoms with van der Waals surface area (Å²) in [6.45, 7) is 0. The molecule has 0 bridgehead atoms. The minimum Gasteiger partial charge on any atom is -0.506 e. The molecule has 1 atom stereocenters. The minimum atomic E-state index is -0.807. The standard InChI is InChI=1S/C24H21NO6S/c1-29-15-11-9-14(10-12-15)25-21(18-8-5-13-32-18)20(23(27)24(25)28)22(26)19-16(30-2)6-4-7-17(19)31-3/h4-13,21,26H,1-3H3/b22-20+. The van der Waals surface area contributed by atoms with Crippen LogP contribution in [0.5, 0.6) is 17.2 Å². The van der Waals surface area contributed by atoms with E-state index in [4.69, 9.17) is 14.2 Å². The number of thiophene rings is 1. The first-order chi connectivity index (χ1) is 15.5. The summed E-state index contributed by atoms with van der Waals surface area (Å²) in [5.74, 6) is -0.609. The monoisotopic (exact) mass is 451 g/mol. The lowest BCUT2D eigenvalue weighted by molar-refractivity contribution is -0.132. The van der Waals surface area contributed by atoms with E-state index >= 15 is 0 Å². The number of aliphatic hydroxyl groups excluding tert-OH is 1. The van der Waals surface area contributed by atoms with Crippen LogP contribution in [0.2, 0.25) is 0 Å². The van der Waals surface area contributed by atoms with Crippen LogP contribution in [0.25, 0.3) is 5.76 Å². The number of aliphatic hydroxyl groups is 1. The first-order valence-electron chi connectivity index (χ1n) is 9.71. The molecule has 1 aromatic heterocycles. The van der Waals surface area contributed by atoms with Crippen LogP contribution in [-0.4, -0.2) is 38.1 Å². The van der Waals surface area contributed by atoms with Crippen LogP contribution in [0, 0.1) is 0 Å². The van der Waals surface area contributed by atoms with Gasteiger partial charge in [-0.2, -0.15) is 0 Å². The van der Waals surface area contributed by atoms with Crippen molar-refractivity contribution in [2.24, 2.45) is 0 Å². The number of amides is 1. The Labute approximate surface area is 189 Å². The zero-order valence-electron chi connectivity index (χ0n) is 17.7. The van der Waals surface area contributed by atoms with Crippen molar-refractivity contribution in [1.82, 2.24) is 0 Å². The highest BCUT2D eigenvalue weighted by Crippen LogP contribution is 2.46. The topological polar surface area (TPSA) is 85.3 Å². The molecule has 1 N–H and O–H groups in total. The number of rotatable bonds is 6. The Morgan fingerprint density at radius 1 is 0.906 bits per heavy atom. The van der Waals surface area contributed by atoms with Gasteiger partial charge in [0.1, 0.15) is 34.6 Å². The normalized spacial score (nSPS) is 17.5. The van der Waals surface area contributed by atoms with Gasteiger partial charge in [0, 0.05) is 10.6 Å². The molecule has 1 amide bonds. The molecule has 1 saturated heterocycles. The third-order valence-electron chi connectivity index (χ3n) is 5.27. The number of anilines is 1. The maximum absolute atomic E-state index is 13.2. The third kappa shape index (κ3) is 3.48. The third-order valence-corrected chi connectivity index (χ3v) is 6.20. The number of hydrogen-bond acceptors (Lipinski definition) is 7. The summed E-state index contributed by atoms with van der Waals surface area (Å²) in [6, 6.07) is 14.7. The second kappa shape index (κ2) is 8.76. The number of Topliss-reactive ketones (excluding diaryl/α,β-unsaturated/α-hetero) is 1. The predicted octanol–water partition coefficient (Wildman–Crippen LogP) is 4.40. The van der Waals surface area contributed by atoms with Crippen molar-refractivity contribution in [3.63, 3.8) is 0 Å². The van der Waals surface area contributed by atoms with Gasteiger partial charge < -0.3 is 19.3 Å². The molecule has 0 radical (unpaired) electrons. The van der Waals surface area contributed by atoms with E-state index in [9.17, 15) is 14.7 Å². The lowest BCUT2D eigenvalue weighted by Crippen LogP contribution is -2.29. The molecule has 0 aliphatic carbocycles. The summed E-state index contributed by atoms with van der Waals surface area (Å²) >= 11 is 1.39. The van der Waals surface area contributed by atoms with Gasteiger partial charge in [0.15, 0.2) is 0 Å². The van der Waals surface area contributed by atoms with Crippen LogP contribution in [0.15, 0.2) is 65.6 Å². The number of ketones is 1. The molecule has 1 fully saturated rings. The second-order valence-corrected chi connectivity index (χ2v) is 7.90. The van der Waals surface area contributed by atoms with Crippen LogP contribution in [0.3, 0.4) is 0 Å². The summed E-state index contributed by atoms with van der Waals surface area (Å²) in [7, 11) is 4.46. The fourth-order valence-corrected chi connectivity index (χ4v) is 4.60. The number of benzene rings is 2. The van der Waals surface area contributed by atoms with E-state index in [0.717, 1.165) is 4.88 Å². The van der Waals surface area contributed by atoms with E-state index in [-0.39, 0.29) is 16.9 Å². The molecule has 8 heteroatoms. The molecule has 1 aliphatic heterocycles. The fourth-order valence-electron chi connectivity index (χ4n) is 3.78. The summed E-state index contributed by atoms with van der Waals surface area (Å²) in [5, 5.41) is 13.2. The second-order valence-electron chi connectivity index (χ2n) is 6.92. The molecule has 2 heterocycles. The van der Waals surface area contributed by atoms with E-state index in [1.165, 1.54) is 30.5 Å². The van der Waals surface area contributed by atoms with E-state index in [2.05, 4.69) is 0 Å². The van der Waals surface area contributed by atoms with Gasteiger partial charge in [-0.05, 0) is 47.8 Å². The molecule has 1 aliphatic rings. The number of carbonyl (C=O) groups is 2. The molecule has 4 rings (SSSR count). The van der Waals surface area contributed by atoms with Gasteiger partial charge in [0.05, 0.1) is 26.9 Å². The molecule has 2 aromatic carbocycles. The molecule has 1 unspecified atom stereocenters. The maximum atomic E-state index is 13.2. The quantitative estimate of drug-likeness (QED) is 0.340. The maximum Gasteiger partial charge on any atom is 0.300 e. The van der Waals surface area contributed by atoms with Crippen molar-refractivity contribution in [3.05, 3.63) is 76.0 Å². The van der Waals surface area contributed by atoms with Gasteiger partial charge in [-0.1, -0.05) is 12.1 Å². The smallest absolute Gasteiger partial charge is 0.300 e. The zero-order valence-corrected chi connectivity index (χ0v) is 18.5. The summed E-state index contributed by atoms with van der Waals surface area (Å²) < 4.78 is 16.0. The Kier molecular flexibility index (Phi) is 5.87. The van der Waals surface area contributed by atoms with Crippen molar-refractivity contribution in [3.8, 4) is 17.2 Å². The summed E-state index contributed by atoms with van der Waals surface area (Å²) in [5.41, 5.74) is 0.695. The summed E-state index contributed by atoms with van der Waals surface area (Å²) in [6.07, 6.45) is 0. The highest BCUT2D eigenvalue weighted by atomic mass is 32.1. The molecule has 0 saturated carbocycles. The number of hydrogen-bond donors (Lipinski definition) is 1. The number of nitrogens with zero attached hydrogens (tertiary/aromatic N) is 1. The van der Waals surface area contributed by atoms with E-state index in [1.807, 2.05) is 17.5 Å². The Morgan fingerprint density at radius 2 is 1.56 bits per heavy atom. The SMILES string of the molecule is COc1ccc(N2C(=O)C(=O)/C(=C(/O)c3c(OC)cccc3OC)C2c2cccs2)cc1. The van der Waals surface area contributed by atoms with Crippen molar-refractivity contribution in [1.29, 1.82) is 0 Å². The molecule has 0 spiro atoms. The van der Waals surface area contributed by atoms with Crippen LogP contribution in [0.1, 0.15) is 16.5 Å². The molecule has 32 heavy (non-hydrogen) atoms. The first-order valence-corrected chi connectivity index (χ1v) is 10.6. The lowest BCUT2D eigenvalue weighted by Gasteiger charge is -2.24. The highest BCUT2D eigenvalue weighted by molar-refractivity contribution is 7.10. The molecule has 7 nitrogen and oxygen atoms in total. The van der Waals surface area contributed by atoms with Crippen molar-refractivity contribution in [2.75, 3.05) is 26.2 Å². The Bertz CT molecular complexity index is 1160. The lowest BCUT2D eigenvalue weighted by atomic mass is 9.98. The van der Waals surface area contributed by atoms with Crippen molar-refractivity contribution >= 4 is 34.5 Å². The van der Waals surface area contributed by atoms with E-state index in [1.54, 1.807) is 49.6 Å². The molecular formula is C24H21NO6S. The van der Waals surface area contributed by atoms with Gasteiger partial charge >= 0.3 is 0 Å². The van der Waals surface area contributed by atoms with E-state index in [0.29, 0.717) is 22.9 Å². The number of methoxy groups -OCH3 is 3. The molecular weight excluding hydrogens is 430 g/mol. The predicted molar refractivity (Wildman–Crippen MR) is 122 cm³/mol. The molecule has 164 valence electrons. The first kappa shape index (κ1) is 21.5. The Balaban J connectivity index is 1.95. The van der Waals surface area contributed by atoms with Gasteiger partial charge in [-0.3, -0.25) is 14.5 Å². The largest absolute Gasteiger partial charge is 0.506 e. The van der Waals surface area contributed by atoms with Gasteiger partial charge in [0.2, 0.25) is 0 Å². The molecule has 3 aromatic rings. The average Bonchev–Trinajstić information content (AvgIpc) is 3.45. The fraction of sp³-hybridized carbons (Fsp3) is 0.167. The Morgan fingerprint density at radius 3 is 2.09 bits per heavy atom. The van der Waals surface area contributed by atoms with Crippen LogP contribution < -0.4 is 19.1 Å². The average molecular weight is 452 g/mol. The van der Waals surface area contributed by atoms with Gasteiger partial charge in [-0.25, -0.2) is 0 Å². The van der Waals surface area contributed by atoms with Crippen molar-refractivity contribution in [2.45, 2.75) is 6.04 Å². The zero-order chi connectivity index (χ0) is 22.8. The van der Waals surface area contributed by atoms with E-state index < -0.39 is 17.7 Å². The van der Waals surface area contributed by atoms with Gasteiger partial charge in [0.25, 0.3) is 11.7 Å². The van der Waals surface area contributed by atoms with Gasteiger partial charge in [-0.15, -0.1) is 11.3 Å². The van der Waals surface area contributed by atoms with Crippen molar-refractivity contribution < 1.29 is 28.9 Å². The number of carbonyl (C=O) groups excluding carboxylic acids is 2. The number of ether oxygens (including phenoxy) is 3. The summed E-state index contributed by atoms with van der Waals surface area (Å²) in [4.78, 5) is 28.5.